The van der Waals surface area contributed by atoms with Crippen molar-refractivity contribution in [2.75, 3.05) is 0 Å². The predicted molar refractivity (Wildman–Crippen MR) is 62.4 cm³/mol. The summed E-state index contributed by atoms with van der Waals surface area (Å²) < 4.78 is 2.24. The minimum Gasteiger partial charge on any atom is -0.344 e. The zero-order valence-electron chi connectivity index (χ0n) is 8.91. The number of hydrogen-bond donors (Lipinski definition) is 0. The lowest BCUT2D eigenvalue weighted by Crippen LogP contribution is -1.90. The van der Waals surface area contributed by atoms with Gasteiger partial charge in [-0.25, -0.2) is 0 Å². The third-order valence-corrected chi connectivity index (χ3v) is 2.74. The molecule has 0 aliphatic rings. The highest BCUT2D eigenvalue weighted by Crippen LogP contribution is 2.24. The van der Waals surface area contributed by atoms with Gasteiger partial charge in [0.2, 0.25) is 0 Å². The van der Waals surface area contributed by atoms with Crippen LogP contribution in [0.15, 0.2) is 30.3 Å². The molecule has 0 spiro atoms. The van der Waals surface area contributed by atoms with Crippen molar-refractivity contribution in [2.45, 2.75) is 13.8 Å². The van der Waals surface area contributed by atoms with Crippen molar-refractivity contribution in [2.24, 2.45) is 7.05 Å². The molecule has 0 N–H and O–H groups in total. The van der Waals surface area contributed by atoms with Crippen LogP contribution in [0.2, 0.25) is 0 Å². The van der Waals surface area contributed by atoms with Crippen LogP contribution in [0.4, 0.5) is 0 Å². The lowest BCUT2D eigenvalue weighted by atomic mass is 10.1. The van der Waals surface area contributed by atoms with Gasteiger partial charge >= 0.3 is 0 Å². The summed E-state index contributed by atoms with van der Waals surface area (Å²) in [5.41, 5.74) is 3.97. The number of hydrogen-bond acceptors (Lipinski definition) is 0. The van der Waals surface area contributed by atoms with Crippen molar-refractivity contribution in [1.82, 2.24) is 4.57 Å². The second kappa shape index (κ2) is 3.33. The van der Waals surface area contributed by atoms with E-state index in [1.54, 1.807) is 0 Å². The number of aryl methyl sites for hydroxylation is 2. The Morgan fingerprint density at radius 2 is 1.93 bits per heavy atom. The number of aromatic nitrogens is 1. The Balaban J connectivity index is 2.85. The van der Waals surface area contributed by atoms with Crippen molar-refractivity contribution < 1.29 is 0 Å². The highest BCUT2D eigenvalue weighted by molar-refractivity contribution is 5.87. The fourth-order valence-electron chi connectivity index (χ4n) is 2.00. The maximum atomic E-state index is 2.24. The minimum absolute atomic E-state index is 1.30. The van der Waals surface area contributed by atoms with E-state index in [1.807, 2.05) is 0 Å². The number of rotatable bonds is 1. The first-order chi connectivity index (χ1) is 6.75. The monoisotopic (exact) mass is 185 g/mol. The van der Waals surface area contributed by atoms with Crippen molar-refractivity contribution in [3.05, 3.63) is 41.6 Å². The fourth-order valence-corrected chi connectivity index (χ4v) is 2.00. The standard InChI is InChI=1S/C13H15N/c1-4-7-12-10(2)11-8-5-6-9-13(11)14(12)3/h4-9H,1-3H3/b7-4-. The van der Waals surface area contributed by atoms with Gasteiger partial charge < -0.3 is 4.57 Å². The average molecular weight is 185 g/mol. The Kier molecular flexibility index (Phi) is 2.16. The van der Waals surface area contributed by atoms with Crippen LogP contribution in [0, 0.1) is 6.92 Å². The molecule has 2 rings (SSSR count). The van der Waals surface area contributed by atoms with E-state index >= 15 is 0 Å². The molecule has 0 atom stereocenters. The molecule has 14 heavy (non-hydrogen) atoms. The van der Waals surface area contributed by atoms with Crippen LogP contribution in [0.1, 0.15) is 18.2 Å². The van der Waals surface area contributed by atoms with Gasteiger partial charge in [-0.1, -0.05) is 24.3 Å². The van der Waals surface area contributed by atoms with Gasteiger partial charge in [0, 0.05) is 23.6 Å². The van der Waals surface area contributed by atoms with Crippen LogP contribution in [-0.4, -0.2) is 4.57 Å². The predicted octanol–water partition coefficient (Wildman–Crippen LogP) is 3.52. The molecule has 72 valence electrons. The van der Waals surface area contributed by atoms with E-state index in [1.165, 1.54) is 22.2 Å². The summed E-state index contributed by atoms with van der Waals surface area (Å²) in [6.07, 6.45) is 4.25. The van der Waals surface area contributed by atoms with E-state index in [0.29, 0.717) is 0 Å². The van der Waals surface area contributed by atoms with Gasteiger partial charge in [-0.15, -0.1) is 0 Å². The second-order valence-electron chi connectivity index (χ2n) is 3.59. The topological polar surface area (TPSA) is 4.93 Å². The molecule has 0 amide bonds. The molecule has 2 aromatic rings. The molecular weight excluding hydrogens is 170 g/mol. The Labute approximate surface area is 84.7 Å². The van der Waals surface area contributed by atoms with Gasteiger partial charge in [0.25, 0.3) is 0 Å². The zero-order chi connectivity index (χ0) is 10.1. The highest BCUT2D eigenvalue weighted by atomic mass is 14.9. The van der Waals surface area contributed by atoms with E-state index in [0.717, 1.165) is 0 Å². The Morgan fingerprint density at radius 1 is 1.21 bits per heavy atom. The number of allylic oxidation sites excluding steroid dienone is 1. The number of nitrogens with zero attached hydrogens (tertiary/aromatic N) is 1. The highest BCUT2D eigenvalue weighted by Gasteiger charge is 2.07. The molecule has 0 unspecified atom stereocenters. The smallest absolute Gasteiger partial charge is 0.0485 e. The van der Waals surface area contributed by atoms with Gasteiger partial charge in [0.1, 0.15) is 0 Å². The summed E-state index contributed by atoms with van der Waals surface area (Å²) in [6, 6.07) is 8.52. The minimum atomic E-state index is 1.30. The lowest BCUT2D eigenvalue weighted by molar-refractivity contribution is 0.948. The van der Waals surface area contributed by atoms with Crippen molar-refractivity contribution in [1.29, 1.82) is 0 Å². The molecule has 0 aliphatic heterocycles. The van der Waals surface area contributed by atoms with Crippen molar-refractivity contribution in [3.63, 3.8) is 0 Å². The molecule has 1 nitrogen and oxygen atoms in total. The van der Waals surface area contributed by atoms with Gasteiger partial charge in [-0.05, 0) is 31.6 Å². The van der Waals surface area contributed by atoms with Crippen LogP contribution in [0.3, 0.4) is 0 Å². The summed E-state index contributed by atoms with van der Waals surface area (Å²) in [5, 5.41) is 1.35. The average Bonchev–Trinajstić information content (AvgIpc) is 2.45. The van der Waals surface area contributed by atoms with Crippen molar-refractivity contribution in [3.8, 4) is 0 Å². The largest absolute Gasteiger partial charge is 0.344 e. The first-order valence-electron chi connectivity index (χ1n) is 4.92. The van der Waals surface area contributed by atoms with E-state index < -0.39 is 0 Å². The molecule has 0 aliphatic carbocycles. The van der Waals surface area contributed by atoms with Gasteiger partial charge in [-0.3, -0.25) is 0 Å². The summed E-state index contributed by atoms with van der Waals surface area (Å²) in [5.74, 6) is 0. The first-order valence-corrected chi connectivity index (χ1v) is 4.92. The molecule has 0 radical (unpaired) electrons. The van der Waals surface area contributed by atoms with Crippen LogP contribution in [0.5, 0.6) is 0 Å². The summed E-state index contributed by atoms with van der Waals surface area (Å²) in [4.78, 5) is 0. The van der Waals surface area contributed by atoms with E-state index in [9.17, 15) is 0 Å². The first kappa shape index (κ1) is 9.07. The molecule has 1 heteroatoms. The molecule has 0 fully saturated rings. The van der Waals surface area contributed by atoms with Crippen LogP contribution >= 0.6 is 0 Å². The fraction of sp³-hybridized carbons (Fsp3) is 0.231. The summed E-state index contributed by atoms with van der Waals surface area (Å²) in [7, 11) is 2.12. The van der Waals surface area contributed by atoms with E-state index in [-0.39, 0.29) is 0 Å². The molecule has 0 bridgehead atoms. The quantitative estimate of drug-likeness (QED) is 0.640. The molecule has 1 heterocycles. The maximum Gasteiger partial charge on any atom is 0.0485 e. The third kappa shape index (κ3) is 1.17. The molecule has 1 aromatic carbocycles. The summed E-state index contributed by atoms with van der Waals surface area (Å²) in [6.45, 7) is 4.23. The second-order valence-corrected chi connectivity index (χ2v) is 3.59. The number of fused-ring (bicyclic) bond motifs is 1. The van der Waals surface area contributed by atoms with E-state index in [2.05, 4.69) is 61.9 Å². The number of benzene rings is 1. The van der Waals surface area contributed by atoms with Gasteiger partial charge in [-0.2, -0.15) is 0 Å². The van der Waals surface area contributed by atoms with Crippen molar-refractivity contribution >= 4 is 17.0 Å². The van der Waals surface area contributed by atoms with Crippen LogP contribution < -0.4 is 0 Å². The molecule has 1 aromatic heterocycles. The normalized spacial score (nSPS) is 11.6. The maximum absolute atomic E-state index is 2.24. The molecule has 0 saturated carbocycles. The summed E-state index contributed by atoms with van der Waals surface area (Å²) >= 11 is 0. The Hall–Kier alpha value is -1.50. The number of para-hydroxylation sites is 1. The molecular formula is C13H15N. The van der Waals surface area contributed by atoms with E-state index in [4.69, 9.17) is 0 Å². The lowest BCUT2D eigenvalue weighted by Gasteiger charge is -1.98. The Morgan fingerprint density at radius 3 is 2.57 bits per heavy atom. The zero-order valence-corrected chi connectivity index (χ0v) is 8.91. The SMILES string of the molecule is C/C=C\c1c(C)c2ccccc2n1C. The van der Waals surface area contributed by atoms with Crippen LogP contribution in [0.25, 0.3) is 17.0 Å². The Bertz CT molecular complexity index is 450. The van der Waals surface area contributed by atoms with Crippen LogP contribution in [-0.2, 0) is 7.05 Å². The van der Waals surface area contributed by atoms with Gasteiger partial charge in [0.15, 0.2) is 0 Å². The van der Waals surface area contributed by atoms with Gasteiger partial charge in [0.05, 0.1) is 0 Å². The third-order valence-electron chi connectivity index (χ3n) is 2.74. The molecule has 0 saturated heterocycles.